The van der Waals surface area contributed by atoms with Crippen LogP contribution >= 0.6 is 35.0 Å². The summed E-state index contributed by atoms with van der Waals surface area (Å²) in [6.45, 7) is 2.05. The Morgan fingerprint density at radius 3 is 2.68 bits per heavy atom. The van der Waals surface area contributed by atoms with Crippen molar-refractivity contribution in [1.82, 2.24) is 14.9 Å². The van der Waals surface area contributed by atoms with Gasteiger partial charge in [-0.1, -0.05) is 52.7 Å². The minimum absolute atomic E-state index is 0.525. The van der Waals surface area contributed by atoms with Crippen LogP contribution in [0.3, 0.4) is 0 Å². The lowest BCUT2D eigenvalue weighted by atomic mass is 10.2. The van der Waals surface area contributed by atoms with Crippen molar-refractivity contribution in [2.75, 3.05) is 11.2 Å². The monoisotopic (exact) mass is 389 g/mol. The SMILES string of the molecule is Cc1ccc(N=C2CSc3nnc(-c4ccc(Cl)cc4Cl)n3N2)cc1. The van der Waals surface area contributed by atoms with Crippen molar-refractivity contribution >= 4 is 46.5 Å². The summed E-state index contributed by atoms with van der Waals surface area (Å²) >= 11 is 13.9. The molecule has 1 aromatic heterocycles. The first-order chi connectivity index (χ1) is 12.1. The molecule has 3 aromatic rings. The van der Waals surface area contributed by atoms with E-state index in [4.69, 9.17) is 23.2 Å². The number of halogens is 2. The fourth-order valence-corrected chi connectivity index (χ4v) is 3.68. The van der Waals surface area contributed by atoms with Crippen LogP contribution in [0.15, 0.2) is 52.6 Å². The Labute approximate surface area is 159 Å². The van der Waals surface area contributed by atoms with Gasteiger partial charge in [0.15, 0.2) is 5.82 Å². The second-order valence-electron chi connectivity index (χ2n) is 5.56. The zero-order chi connectivity index (χ0) is 17.4. The third-order valence-corrected chi connectivity index (χ3v) is 5.17. The van der Waals surface area contributed by atoms with Gasteiger partial charge in [-0.15, -0.1) is 10.2 Å². The fourth-order valence-electron chi connectivity index (χ4n) is 2.44. The number of fused-ring (bicyclic) bond motifs is 1. The predicted octanol–water partition coefficient (Wildman–Crippen LogP) is 4.94. The van der Waals surface area contributed by atoms with Crippen LogP contribution in [-0.4, -0.2) is 26.5 Å². The van der Waals surface area contributed by atoms with Crippen LogP contribution in [-0.2, 0) is 0 Å². The number of amidine groups is 1. The van der Waals surface area contributed by atoms with Crippen LogP contribution in [0.1, 0.15) is 5.56 Å². The van der Waals surface area contributed by atoms with E-state index in [-0.39, 0.29) is 0 Å². The van der Waals surface area contributed by atoms with Gasteiger partial charge in [-0.2, -0.15) is 0 Å². The van der Waals surface area contributed by atoms with Crippen LogP contribution in [0.25, 0.3) is 11.4 Å². The van der Waals surface area contributed by atoms with E-state index in [1.54, 1.807) is 28.6 Å². The van der Waals surface area contributed by atoms with E-state index in [9.17, 15) is 0 Å². The molecule has 0 saturated heterocycles. The molecule has 5 nitrogen and oxygen atoms in total. The Hall–Kier alpha value is -2.02. The molecule has 0 fully saturated rings. The number of hydrogen-bond acceptors (Lipinski definition) is 4. The molecular weight excluding hydrogens is 377 g/mol. The first-order valence-corrected chi connectivity index (χ1v) is 9.29. The molecule has 0 spiro atoms. The van der Waals surface area contributed by atoms with E-state index in [0.29, 0.717) is 21.6 Å². The van der Waals surface area contributed by atoms with Crippen molar-refractivity contribution in [1.29, 1.82) is 0 Å². The minimum atomic E-state index is 0.525. The molecule has 0 atom stereocenters. The molecule has 0 bridgehead atoms. The summed E-state index contributed by atoms with van der Waals surface area (Å²) in [6, 6.07) is 13.4. The van der Waals surface area contributed by atoms with Crippen LogP contribution in [0.2, 0.25) is 10.0 Å². The lowest BCUT2D eigenvalue weighted by molar-refractivity contribution is 0.826. The van der Waals surface area contributed by atoms with E-state index in [1.165, 1.54) is 5.56 Å². The highest BCUT2D eigenvalue weighted by Gasteiger charge is 2.22. The molecular formula is C17H13Cl2N5S. The molecule has 0 amide bonds. The maximum Gasteiger partial charge on any atom is 0.211 e. The number of aromatic nitrogens is 3. The number of benzene rings is 2. The molecule has 25 heavy (non-hydrogen) atoms. The summed E-state index contributed by atoms with van der Waals surface area (Å²) in [6.07, 6.45) is 0. The quantitative estimate of drug-likeness (QED) is 0.674. The fraction of sp³-hybridized carbons (Fsp3) is 0.118. The van der Waals surface area contributed by atoms with Gasteiger partial charge >= 0.3 is 0 Å². The van der Waals surface area contributed by atoms with Crippen molar-refractivity contribution in [3.8, 4) is 11.4 Å². The summed E-state index contributed by atoms with van der Waals surface area (Å²) in [5, 5.41) is 10.3. The first kappa shape index (κ1) is 16.4. The Morgan fingerprint density at radius 1 is 1.12 bits per heavy atom. The number of rotatable bonds is 2. The summed E-state index contributed by atoms with van der Waals surface area (Å²) in [5.74, 6) is 2.15. The van der Waals surface area contributed by atoms with E-state index in [0.717, 1.165) is 22.2 Å². The lowest BCUT2D eigenvalue weighted by Crippen LogP contribution is -2.30. The van der Waals surface area contributed by atoms with Crippen LogP contribution in [0.5, 0.6) is 0 Å². The Bertz CT molecular complexity index is 966. The Kier molecular flexibility index (Phi) is 4.41. The van der Waals surface area contributed by atoms with Crippen LogP contribution in [0, 0.1) is 6.92 Å². The molecule has 4 rings (SSSR count). The third kappa shape index (κ3) is 3.38. The third-order valence-electron chi connectivity index (χ3n) is 3.68. The molecule has 8 heteroatoms. The first-order valence-electron chi connectivity index (χ1n) is 7.55. The zero-order valence-corrected chi connectivity index (χ0v) is 15.5. The number of aliphatic imine (C=N–C) groups is 1. The van der Waals surface area contributed by atoms with Gasteiger partial charge in [-0.3, -0.25) is 5.43 Å². The van der Waals surface area contributed by atoms with Gasteiger partial charge in [-0.05, 0) is 37.3 Å². The van der Waals surface area contributed by atoms with Gasteiger partial charge in [0.25, 0.3) is 0 Å². The van der Waals surface area contributed by atoms with E-state index < -0.39 is 0 Å². The average molecular weight is 390 g/mol. The summed E-state index contributed by atoms with van der Waals surface area (Å²) in [7, 11) is 0. The summed E-state index contributed by atoms with van der Waals surface area (Å²) < 4.78 is 1.80. The molecule has 126 valence electrons. The number of hydrogen-bond donors (Lipinski definition) is 1. The van der Waals surface area contributed by atoms with Crippen molar-refractivity contribution in [3.63, 3.8) is 0 Å². The van der Waals surface area contributed by atoms with Crippen molar-refractivity contribution < 1.29 is 0 Å². The molecule has 0 radical (unpaired) electrons. The van der Waals surface area contributed by atoms with Gasteiger partial charge in [0.05, 0.1) is 16.5 Å². The second-order valence-corrected chi connectivity index (χ2v) is 7.35. The van der Waals surface area contributed by atoms with Gasteiger partial charge in [0, 0.05) is 10.6 Å². The predicted molar refractivity (Wildman–Crippen MR) is 104 cm³/mol. The number of thioether (sulfide) groups is 1. The maximum atomic E-state index is 6.31. The Morgan fingerprint density at radius 2 is 1.92 bits per heavy atom. The molecule has 0 saturated carbocycles. The van der Waals surface area contributed by atoms with Crippen LogP contribution in [0.4, 0.5) is 5.69 Å². The number of nitrogens with one attached hydrogen (secondary N) is 1. The molecule has 0 unspecified atom stereocenters. The smallest absolute Gasteiger partial charge is 0.211 e. The summed E-state index contributed by atoms with van der Waals surface area (Å²) in [4.78, 5) is 4.66. The van der Waals surface area contributed by atoms with Gasteiger partial charge in [0.2, 0.25) is 5.16 Å². The largest absolute Gasteiger partial charge is 0.276 e. The van der Waals surface area contributed by atoms with E-state index >= 15 is 0 Å². The molecule has 1 aliphatic rings. The second kappa shape index (κ2) is 6.71. The number of nitrogens with zero attached hydrogens (tertiary/aromatic N) is 4. The standard InChI is InChI=1S/C17H13Cl2N5S/c1-10-2-5-12(6-3-10)20-15-9-25-17-22-21-16(24(17)23-15)13-7-4-11(18)8-14(13)19/h2-8H,9H2,1H3,(H,20,23). The van der Waals surface area contributed by atoms with E-state index in [1.807, 2.05) is 30.3 Å². The molecule has 1 N–H and O–H groups in total. The molecule has 1 aliphatic heterocycles. The van der Waals surface area contributed by atoms with Crippen molar-refractivity contribution in [3.05, 3.63) is 58.1 Å². The molecule has 0 aliphatic carbocycles. The van der Waals surface area contributed by atoms with Crippen molar-refractivity contribution in [2.24, 2.45) is 4.99 Å². The highest BCUT2D eigenvalue weighted by atomic mass is 35.5. The Balaban J connectivity index is 1.69. The van der Waals surface area contributed by atoms with Gasteiger partial charge in [0.1, 0.15) is 5.84 Å². The summed E-state index contributed by atoms with van der Waals surface area (Å²) in [5.41, 5.74) is 6.14. The normalized spacial score (nSPS) is 15.1. The zero-order valence-electron chi connectivity index (χ0n) is 13.2. The molecule has 2 heterocycles. The van der Waals surface area contributed by atoms with Gasteiger partial charge < -0.3 is 0 Å². The minimum Gasteiger partial charge on any atom is -0.276 e. The lowest BCUT2D eigenvalue weighted by Gasteiger charge is -2.19. The average Bonchev–Trinajstić information content (AvgIpc) is 3.00. The van der Waals surface area contributed by atoms with Crippen molar-refractivity contribution in [2.45, 2.75) is 12.1 Å². The van der Waals surface area contributed by atoms with Gasteiger partial charge in [-0.25, -0.2) is 9.67 Å². The maximum absolute atomic E-state index is 6.31. The number of aryl methyl sites for hydroxylation is 1. The van der Waals surface area contributed by atoms with E-state index in [2.05, 4.69) is 27.5 Å². The molecule has 2 aromatic carbocycles. The topological polar surface area (TPSA) is 55.1 Å². The highest BCUT2D eigenvalue weighted by Crippen LogP contribution is 2.32. The van der Waals surface area contributed by atoms with Crippen LogP contribution < -0.4 is 5.43 Å². The highest BCUT2D eigenvalue weighted by molar-refractivity contribution is 7.99.